The predicted octanol–water partition coefficient (Wildman–Crippen LogP) is 2.20. The predicted molar refractivity (Wildman–Crippen MR) is 57.5 cm³/mol. The molecule has 0 bridgehead atoms. The maximum absolute atomic E-state index is 11.4. The molecule has 0 aromatic heterocycles. The molecule has 15 heavy (non-hydrogen) atoms. The minimum Gasteiger partial charge on any atom is -0.498 e. The molecule has 0 spiro atoms. The van der Waals surface area contributed by atoms with Gasteiger partial charge >= 0.3 is 6.09 Å². The van der Waals surface area contributed by atoms with E-state index in [-0.39, 0.29) is 18.2 Å². The summed E-state index contributed by atoms with van der Waals surface area (Å²) in [6.07, 6.45) is 3.97. The molecule has 4 heteroatoms. The van der Waals surface area contributed by atoms with Crippen molar-refractivity contribution < 1.29 is 14.3 Å². The van der Waals surface area contributed by atoms with Crippen LogP contribution in [-0.4, -0.2) is 23.8 Å². The quantitative estimate of drug-likeness (QED) is 0.726. The van der Waals surface area contributed by atoms with Gasteiger partial charge in [0.1, 0.15) is 5.60 Å². The zero-order valence-corrected chi connectivity index (χ0v) is 9.74. The summed E-state index contributed by atoms with van der Waals surface area (Å²) in [5.74, 6) is 0. The van der Waals surface area contributed by atoms with E-state index in [0.29, 0.717) is 0 Å². The van der Waals surface area contributed by atoms with Crippen molar-refractivity contribution in [2.75, 3.05) is 0 Å². The van der Waals surface area contributed by atoms with Crippen LogP contribution in [0.25, 0.3) is 0 Å². The number of nitrogens with one attached hydrogen (secondary N) is 1. The van der Waals surface area contributed by atoms with Gasteiger partial charge in [-0.15, -0.1) is 0 Å². The van der Waals surface area contributed by atoms with Crippen molar-refractivity contribution in [3.05, 3.63) is 12.3 Å². The van der Waals surface area contributed by atoms with E-state index in [0.717, 1.165) is 6.42 Å². The van der Waals surface area contributed by atoms with E-state index in [1.807, 2.05) is 33.8 Å². The lowest BCUT2D eigenvalue weighted by atomic mass is 10.1. The number of amides is 1. The van der Waals surface area contributed by atoms with Gasteiger partial charge in [0.05, 0.1) is 18.4 Å². The fraction of sp³-hybridized carbons (Fsp3) is 0.727. The van der Waals surface area contributed by atoms with Crippen LogP contribution in [0.1, 0.15) is 34.1 Å². The van der Waals surface area contributed by atoms with Crippen molar-refractivity contribution in [1.29, 1.82) is 0 Å². The van der Waals surface area contributed by atoms with Gasteiger partial charge in [0, 0.05) is 6.42 Å². The molecule has 0 radical (unpaired) electrons. The van der Waals surface area contributed by atoms with Gasteiger partial charge in [0.15, 0.2) is 0 Å². The van der Waals surface area contributed by atoms with Gasteiger partial charge in [-0.1, -0.05) is 0 Å². The second-order valence-corrected chi connectivity index (χ2v) is 4.76. The van der Waals surface area contributed by atoms with Gasteiger partial charge < -0.3 is 14.8 Å². The number of ether oxygens (including phenoxy) is 2. The fourth-order valence-corrected chi connectivity index (χ4v) is 1.33. The van der Waals surface area contributed by atoms with Crippen molar-refractivity contribution in [3.63, 3.8) is 0 Å². The summed E-state index contributed by atoms with van der Waals surface area (Å²) in [7, 11) is 0. The van der Waals surface area contributed by atoms with Crippen molar-refractivity contribution >= 4 is 6.09 Å². The second kappa shape index (κ2) is 4.55. The Bertz CT molecular complexity index is 255. The molecule has 0 saturated heterocycles. The zero-order valence-electron chi connectivity index (χ0n) is 9.74. The average molecular weight is 213 g/mol. The monoisotopic (exact) mass is 213 g/mol. The van der Waals surface area contributed by atoms with E-state index in [1.165, 1.54) is 0 Å². The third kappa shape index (κ3) is 4.72. The summed E-state index contributed by atoms with van der Waals surface area (Å²) in [4.78, 5) is 11.4. The molecule has 0 aromatic carbocycles. The summed E-state index contributed by atoms with van der Waals surface area (Å²) in [6.45, 7) is 7.49. The molecule has 0 aromatic rings. The van der Waals surface area contributed by atoms with Gasteiger partial charge in [-0.3, -0.25) is 0 Å². The highest BCUT2D eigenvalue weighted by atomic mass is 16.6. The van der Waals surface area contributed by atoms with E-state index in [4.69, 9.17) is 9.47 Å². The number of carbonyl (C=O) groups is 1. The Kier molecular flexibility index (Phi) is 3.61. The molecule has 86 valence electrons. The first kappa shape index (κ1) is 11.9. The Morgan fingerprint density at radius 1 is 1.53 bits per heavy atom. The van der Waals surface area contributed by atoms with Crippen LogP contribution >= 0.6 is 0 Å². The highest BCUT2D eigenvalue weighted by molar-refractivity contribution is 5.68. The number of carbonyl (C=O) groups excluding carboxylic acids is 1. The Balaban J connectivity index is 2.38. The molecule has 1 heterocycles. The topological polar surface area (TPSA) is 47.6 Å². The molecular weight excluding hydrogens is 194 g/mol. The van der Waals surface area contributed by atoms with E-state index in [9.17, 15) is 4.79 Å². The van der Waals surface area contributed by atoms with Gasteiger partial charge in [-0.2, -0.15) is 0 Å². The van der Waals surface area contributed by atoms with Gasteiger partial charge in [0.25, 0.3) is 0 Å². The Hall–Kier alpha value is -1.19. The Morgan fingerprint density at radius 3 is 2.73 bits per heavy atom. The Morgan fingerprint density at radius 2 is 2.20 bits per heavy atom. The van der Waals surface area contributed by atoms with Crippen molar-refractivity contribution in [3.8, 4) is 0 Å². The number of rotatable bonds is 1. The molecule has 1 rings (SSSR count). The lowest BCUT2D eigenvalue weighted by Crippen LogP contribution is -2.40. The number of alkyl carbamates (subject to hydrolysis) is 1. The largest absolute Gasteiger partial charge is 0.498 e. The third-order valence-corrected chi connectivity index (χ3v) is 1.91. The summed E-state index contributed by atoms with van der Waals surface area (Å²) >= 11 is 0. The van der Waals surface area contributed by atoms with Gasteiger partial charge in [-0.05, 0) is 33.8 Å². The summed E-state index contributed by atoms with van der Waals surface area (Å²) in [5, 5.41) is 2.78. The first-order valence-electron chi connectivity index (χ1n) is 5.18. The second-order valence-electron chi connectivity index (χ2n) is 4.76. The smallest absolute Gasteiger partial charge is 0.408 e. The molecule has 2 atom stereocenters. The third-order valence-electron chi connectivity index (χ3n) is 1.91. The molecule has 0 saturated carbocycles. The van der Waals surface area contributed by atoms with Crippen LogP contribution in [0.4, 0.5) is 4.79 Å². The van der Waals surface area contributed by atoms with Gasteiger partial charge in [0.2, 0.25) is 0 Å². The average Bonchev–Trinajstić information content (AvgIpc) is 1.99. The minimum absolute atomic E-state index is 0.00333. The van der Waals surface area contributed by atoms with Crippen LogP contribution in [0.15, 0.2) is 12.3 Å². The molecular formula is C11H19NO3. The van der Waals surface area contributed by atoms with Crippen LogP contribution in [-0.2, 0) is 9.47 Å². The molecule has 0 aliphatic carbocycles. The van der Waals surface area contributed by atoms with Crippen molar-refractivity contribution in [2.45, 2.75) is 51.9 Å². The molecule has 0 fully saturated rings. The number of hydrogen-bond donors (Lipinski definition) is 1. The first-order valence-corrected chi connectivity index (χ1v) is 5.18. The SMILES string of the molecule is C[C@@H]1C[C@@H](NC(=O)OC(C)(C)C)C=CO1. The maximum Gasteiger partial charge on any atom is 0.408 e. The Labute approximate surface area is 90.6 Å². The molecule has 4 nitrogen and oxygen atoms in total. The lowest BCUT2D eigenvalue weighted by molar-refractivity contribution is 0.0485. The standard InChI is InChI=1S/C11H19NO3/c1-8-7-9(5-6-14-8)12-10(13)15-11(2,3)4/h5-6,8-9H,7H2,1-4H3,(H,12,13)/t8-,9+/m1/s1. The molecule has 1 aliphatic rings. The molecule has 1 aliphatic heterocycles. The van der Waals surface area contributed by atoms with Crippen LogP contribution in [0, 0.1) is 0 Å². The van der Waals surface area contributed by atoms with Crippen molar-refractivity contribution in [2.24, 2.45) is 0 Å². The molecule has 1 N–H and O–H groups in total. The summed E-state index contributed by atoms with van der Waals surface area (Å²) in [6, 6.07) is 0.00333. The van der Waals surface area contributed by atoms with Crippen LogP contribution in [0.5, 0.6) is 0 Å². The fourth-order valence-electron chi connectivity index (χ4n) is 1.33. The first-order chi connectivity index (χ1) is 6.87. The van der Waals surface area contributed by atoms with Crippen LogP contribution in [0.3, 0.4) is 0 Å². The maximum atomic E-state index is 11.4. The minimum atomic E-state index is -0.454. The van der Waals surface area contributed by atoms with E-state index < -0.39 is 5.60 Å². The van der Waals surface area contributed by atoms with Crippen molar-refractivity contribution in [1.82, 2.24) is 5.32 Å². The van der Waals surface area contributed by atoms with Gasteiger partial charge in [-0.25, -0.2) is 4.79 Å². The normalized spacial score (nSPS) is 25.6. The van der Waals surface area contributed by atoms with Crippen LogP contribution < -0.4 is 5.32 Å². The van der Waals surface area contributed by atoms with E-state index in [2.05, 4.69) is 5.32 Å². The molecule has 1 amide bonds. The van der Waals surface area contributed by atoms with E-state index in [1.54, 1.807) is 6.26 Å². The highest BCUT2D eigenvalue weighted by Gasteiger charge is 2.21. The lowest BCUT2D eigenvalue weighted by Gasteiger charge is -2.25. The summed E-state index contributed by atoms with van der Waals surface area (Å²) in [5.41, 5.74) is -0.454. The molecule has 0 unspecified atom stereocenters. The zero-order chi connectivity index (χ0) is 11.5. The highest BCUT2D eigenvalue weighted by Crippen LogP contribution is 2.12. The summed E-state index contributed by atoms with van der Waals surface area (Å²) < 4.78 is 10.4. The number of hydrogen-bond acceptors (Lipinski definition) is 3. The van der Waals surface area contributed by atoms with E-state index >= 15 is 0 Å². The van der Waals surface area contributed by atoms with Crippen LogP contribution in [0.2, 0.25) is 0 Å².